The van der Waals surface area contributed by atoms with Crippen molar-refractivity contribution in [1.82, 2.24) is 35.2 Å². The molecule has 3 heterocycles. The normalized spacial score (nSPS) is 18.6. The number of rotatable bonds is 11. The van der Waals surface area contributed by atoms with Gasteiger partial charge in [-0.05, 0) is 93.8 Å². The summed E-state index contributed by atoms with van der Waals surface area (Å²) in [4.78, 5) is 35.2. The monoisotopic (exact) mass is 681 g/mol. The number of amides is 2. The Balaban J connectivity index is 1.02. The molecule has 1 aliphatic carbocycles. The van der Waals surface area contributed by atoms with Crippen molar-refractivity contribution in [2.75, 3.05) is 32.7 Å². The first-order valence-corrected chi connectivity index (χ1v) is 17.7. The van der Waals surface area contributed by atoms with Gasteiger partial charge in [0.15, 0.2) is 0 Å². The molecule has 6 rings (SSSR count). The van der Waals surface area contributed by atoms with Crippen LogP contribution in [-0.2, 0) is 13.5 Å². The highest BCUT2D eigenvalue weighted by Crippen LogP contribution is 2.29. The molecule has 2 aromatic heterocycles. The number of hydrogen-bond donors (Lipinski definition) is 2. The summed E-state index contributed by atoms with van der Waals surface area (Å²) in [5.74, 6) is -0.726. The number of nitrogens with one attached hydrogen (secondary N) is 2. The summed E-state index contributed by atoms with van der Waals surface area (Å²) in [7, 11) is 1.80. The first-order valence-electron chi connectivity index (χ1n) is 17.7. The van der Waals surface area contributed by atoms with Crippen molar-refractivity contribution < 1.29 is 18.7 Å². The fraction of sp³-hybridized carbons (Fsp3) is 0.436. The Morgan fingerprint density at radius 2 is 1.58 bits per heavy atom. The van der Waals surface area contributed by atoms with E-state index in [-0.39, 0.29) is 29.4 Å². The predicted molar refractivity (Wildman–Crippen MR) is 192 cm³/mol. The molecular formula is C39H48FN7O3. The maximum absolute atomic E-state index is 14.3. The Labute approximate surface area is 294 Å². The van der Waals surface area contributed by atoms with E-state index in [1.807, 2.05) is 25.1 Å². The Morgan fingerprint density at radius 3 is 2.22 bits per heavy atom. The fourth-order valence-electron chi connectivity index (χ4n) is 6.75. The summed E-state index contributed by atoms with van der Waals surface area (Å²) in [6, 6.07) is 19.6. The van der Waals surface area contributed by atoms with Gasteiger partial charge in [-0.15, -0.1) is 0 Å². The highest BCUT2D eigenvalue weighted by atomic mass is 19.1. The molecular weight excluding hydrogens is 633 g/mol. The summed E-state index contributed by atoms with van der Waals surface area (Å²) in [5, 5.41) is 10.3. The Kier molecular flexibility index (Phi) is 11.2. The zero-order valence-corrected chi connectivity index (χ0v) is 29.5. The molecule has 50 heavy (non-hydrogen) atoms. The second-order valence-electron chi connectivity index (χ2n) is 13.8. The molecule has 4 aromatic rings. The standard InChI is InChI=1S/C39H48FN7O3/c1-26(2)47-20-18-46(19-21-47)17-16-28-8-10-29(11-9-28)30-6-5-7-34(23-30)50-39-35(24-31(40)25-41-39)37(48)42-32-12-14-33(15-13-32)43-38(49)36-22-27(3)45(4)44-36/h5-11,22-26,32-33H,12-21H2,1-4H3,(H,42,48)(H,43,49)/t32-,33+. The van der Waals surface area contributed by atoms with Crippen LogP contribution in [0.15, 0.2) is 66.9 Å². The third kappa shape index (κ3) is 8.94. The van der Waals surface area contributed by atoms with Crippen LogP contribution >= 0.6 is 0 Å². The molecule has 0 unspecified atom stereocenters. The number of benzene rings is 2. The lowest BCUT2D eigenvalue weighted by atomic mass is 9.91. The average Bonchev–Trinajstić information content (AvgIpc) is 3.47. The minimum atomic E-state index is -0.620. The molecule has 2 aliphatic rings. The highest BCUT2D eigenvalue weighted by molar-refractivity contribution is 5.96. The van der Waals surface area contributed by atoms with E-state index in [0.29, 0.717) is 43.2 Å². The second kappa shape index (κ2) is 15.9. The quantitative estimate of drug-likeness (QED) is 0.208. The van der Waals surface area contributed by atoms with Gasteiger partial charge in [0, 0.05) is 63.6 Å². The van der Waals surface area contributed by atoms with Crippen molar-refractivity contribution in [3.8, 4) is 22.8 Å². The summed E-state index contributed by atoms with van der Waals surface area (Å²) in [5.41, 5.74) is 4.66. The molecule has 2 N–H and O–H groups in total. The number of aryl methyl sites for hydroxylation is 2. The van der Waals surface area contributed by atoms with Crippen LogP contribution in [0.3, 0.4) is 0 Å². The molecule has 264 valence electrons. The van der Waals surface area contributed by atoms with E-state index in [4.69, 9.17) is 4.74 Å². The molecule has 0 radical (unpaired) electrons. The minimum absolute atomic E-state index is 0.00730. The highest BCUT2D eigenvalue weighted by Gasteiger charge is 2.27. The third-order valence-electron chi connectivity index (χ3n) is 10.00. The topological polar surface area (TPSA) is 105 Å². The molecule has 2 aromatic carbocycles. The smallest absolute Gasteiger partial charge is 0.272 e. The molecule has 11 heteroatoms. The molecule has 1 aliphatic heterocycles. The number of carbonyl (C=O) groups excluding carboxylic acids is 2. The lowest BCUT2D eigenvalue weighted by Gasteiger charge is -2.36. The van der Waals surface area contributed by atoms with Crippen molar-refractivity contribution in [1.29, 1.82) is 0 Å². The van der Waals surface area contributed by atoms with Crippen LogP contribution in [0.1, 0.15) is 71.6 Å². The maximum atomic E-state index is 14.3. The van der Waals surface area contributed by atoms with E-state index in [9.17, 15) is 14.0 Å². The van der Waals surface area contributed by atoms with Gasteiger partial charge in [0.25, 0.3) is 11.8 Å². The molecule has 2 fully saturated rings. The fourth-order valence-corrected chi connectivity index (χ4v) is 6.75. The van der Waals surface area contributed by atoms with Gasteiger partial charge >= 0.3 is 0 Å². The van der Waals surface area contributed by atoms with E-state index < -0.39 is 11.7 Å². The van der Waals surface area contributed by atoms with E-state index >= 15 is 0 Å². The summed E-state index contributed by atoms with van der Waals surface area (Å²) >= 11 is 0. The maximum Gasteiger partial charge on any atom is 0.272 e. The summed E-state index contributed by atoms with van der Waals surface area (Å²) in [6.45, 7) is 12.0. The van der Waals surface area contributed by atoms with Crippen molar-refractivity contribution in [3.63, 3.8) is 0 Å². The van der Waals surface area contributed by atoms with Crippen LogP contribution < -0.4 is 15.4 Å². The van der Waals surface area contributed by atoms with E-state index in [0.717, 1.165) is 68.2 Å². The van der Waals surface area contributed by atoms with Gasteiger partial charge in [-0.1, -0.05) is 36.4 Å². The number of piperazine rings is 1. The summed E-state index contributed by atoms with van der Waals surface area (Å²) in [6.07, 6.45) is 4.82. The average molecular weight is 682 g/mol. The molecule has 0 bridgehead atoms. The second-order valence-corrected chi connectivity index (χ2v) is 13.8. The zero-order chi connectivity index (χ0) is 35.2. The number of pyridine rings is 1. The summed E-state index contributed by atoms with van der Waals surface area (Å²) < 4.78 is 22.1. The van der Waals surface area contributed by atoms with Crippen molar-refractivity contribution in [2.24, 2.45) is 7.05 Å². The van der Waals surface area contributed by atoms with Gasteiger partial charge in [0.05, 0.1) is 6.20 Å². The number of ether oxygens (including phenoxy) is 1. The molecule has 10 nitrogen and oxygen atoms in total. The SMILES string of the molecule is Cc1cc(C(=O)N[C@H]2CC[C@@H](NC(=O)c3cc(F)cnc3Oc3cccc(-c4ccc(CCN5CCN(C(C)C)CC5)cc4)c3)CC2)nn1C. The van der Waals surface area contributed by atoms with Gasteiger partial charge < -0.3 is 20.3 Å². The first-order chi connectivity index (χ1) is 24.1. The largest absolute Gasteiger partial charge is 0.438 e. The number of nitrogens with zero attached hydrogens (tertiary/aromatic N) is 5. The lowest BCUT2D eigenvalue weighted by Crippen LogP contribution is -2.49. The van der Waals surface area contributed by atoms with E-state index in [2.05, 4.69) is 68.6 Å². The van der Waals surface area contributed by atoms with Gasteiger partial charge in [0.1, 0.15) is 22.8 Å². The van der Waals surface area contributed by atoms with Crippen molar-refractivity contribution in [3.05, 3.63) is 95.2 Å². The molecule has 2 amide bonds. The Hall–Kier alpha value is -4.61. The minimum Gasteiger partial charge on any atom is -0.438 e. The van der Waals surface area contributed by atoms with Gasteiger partial charge in [0.2, 0.25) is 5.88 Å². The van der Waals surface area contributed by atoms with Crippen LogP contribution in [0.4, 0.5) is 4.39 Å². The zero-order valence-electron chi connectivity index (χ0n) is 29.5. The molecule has 1 saturated heterocycles. The van der Waals surface area contributed by atoms with Gasteiger partial charge in [-0.2, -0.15) is 5.10 Å². The molecule has 0 atom stereocenters. The molecule has 1 saturated carbocycles. The number of aromatic nitrogens is 3. The first kappa shape index (κ1) is 35.2. The third-order valence-corrected chi connectivity index (χ3v) is 10.00. The van der Waals surface area contributed by atoms with Crippen LogP contribution in [0.2, 0.25) is 0 Å². The number of hydrogen-bond acceptors (Lipinski definition) is 7. The van der Waals surface area contributed by atoms with Gasteiger partial charge in [-0.3, -0.25) is 19.2 Å². The van der Waals surface area contributed by atoms with Crippen molar-refractivity contribution in [2.45, 2.75) is 71.0 Å². The predicted octanol–water partition coefficient (Wildman–Crippen LogP) is 5.76. The molecule has 0 spiro atoms. The van der Waals surface area contributed by atoms with Crippen molar-refractivity contribution >= 4 is 11.8 Å². The Bertz CT molecular complexity index is 1760. The van der Waals surface area contributed by atoms with E-state index in [1.54, 1.807) is 23.9 Å². The van der Waals surface area contributed by atoms with Gasteiger partial charge in [-0.25, -0.2) is 9.37 Å². The van der Waals surface area contributed by atoms with Crippen LogP contribution in [0, 0.1) is 12.7 Å². The number of carbonyl (C=O) groups is 2. The lowest BCUT2D eigenvalue weighted by molar-refractivity contribution is 0.0887. The van der Waals surface area contributed by atoms with Crippen LogP contribution in [-0.4, -0.2) is 87.2 Å². The number of halogens is 1. The Morgan fingerprint density at radius 1 is 0.900 bits per heavy atom. The van der Waals surface area contributed by atoms with E-state index in [1.165, 1.54) is 5.56 Å². The van der Waals surface area contributed by atoms with Crippen LogP contribution in [0.25, 0.3) is 11.1 Å². The van der Waals surface area contributed by atoms with Crippen LogP contribution in [0.5, 0.6) is 11.6 Å².